The number of aromatic amines is 1. The van der Waals surface area contributed by atoms with E-state index in [9.17, 15) is 19.8 Å². The molecule has 0 radical (unpaired) electrons. The zero-order valence-corrected chi connectivity index (χ0v) is 17.6. The molecule has 11 nitrogen and oxygen atoms in total. The Bertz CT molecular complexity index is 948. The van der Waals surface area contributed by atoms with Gasteiger partial charge in [0.05, 0.1) is 18.4 Å². The van der Waals surface area contributed by atoms with E-state index in [2.05, 4.69) is 9.97 Å². The van der Waals surface area contributed by atoms with Crippen molar-refractivity contribution in [2.45, 2.75) is 44.3 Å². The molecule has 32 heavy (non-hydrogen) atoms. The fourth-order valence-corrected chi connectivity index (χ4v) is 3.67. The van der Waals surface area contributed by atoms with Crippen molar-refractivity contribution in [1.29, 1.82) is 0 Å². The molecule has 1 unspecified atom stereocenters. The quantitative estimate of drug-likeness (QED) is 0.244. The fourth-order valence-electron chi connectivity index (χ4n) is 3.67. The van der Waals surface area contributed by atoms with Crippen molar-refractivity contribution in [3.05, 3.63) is 41.5 Å². The Balaban J connectivity index is 1.58. The van der Waals surface area contributed by atoms with E-state index in [0.29, 0.717) is 19.5 Å². The molecule has 1 fully saturated rings. The van der Waals surface area contributed by atoms with E-state index in [-0.39, 0.29) is 41.5 Å². The number of ether oxygens (including phenoxy) is 1. The van der Waals surface area contributed by atoms with Crippen LogP contribution in [0.15, 0.2) is 24.7 Å². The zero-order chi connectivity index (χ0) is 23.4. The van der Waals surface area contributed by atoms with Crippen molar-refractivity contribution in [2.24, 2.45) is 5.73 Å². The molecule has 1 aliphatic rings. The van der Waals surface area contributed by atoms with E-state index in [1.165, 1.54) is 18.5 Å². The molecule has 12 heteroatoms. The topological polar surface area (TPSA) is 182 Å². The number of phenols is 1. The SMILES string of the molecule is CC(C(=O)[C@@H](N)Cc1cnc[nH]1)N1CC(Oc2ccc(CCB(O)O)c(O)c2C(=O)O)C1. The van der Waals surface area contributed by atoms with Crippen LogP contribution in [0.3, 0.4) is 0 Å². The molecule has 1 aliphatic heterocycles. The van der Waals surface area contributed by atoms with E-state index < -0.39 is 30.9 Å². The number of ketones is 1. The lowest BCUT2D eigenvalue weighted by Crippen LogP contribution is -2.61. The number of nitrogens with zero attached hydrogens (tertiary/aromatic N) is 2. The van der Waals surface area contributed by atoms with Crippen LogP contribution in [-0.4, -0.2) is 85.3 Å². The predicted octanol–water partition coefficient (Wildman–Crippen LogP) is -0.581. The van der Waals surface area contributed by atoms with Gasteiger partial charge in [0.1, 0.15) is 23.2 Å². The second kappa shape index (κ2) is 10.1. The highest BCUT2D eigenvalue weighted by Crippen LogP contribution is 2.34. The first kappa shape index (κ1) is 23.7. The van der Waals surface area contributed by atoms with Crippen LogP contribution in [-0.2, 0) is 17.6 Å². The van der Waals surface area contributed by atoms with E-state index in [1.54, 1.807) is 13.1 Å². The van der Waals surface area contributed by atoms with E-state index in [1.807, 2.05) is 4.90 Å². The van der Waals surface area contributed by atoms with Gasteiger partial charge in [0, 0.05) is 31.4 Å². The van der Waals surface area contributed by atoms with Gasteiger partial charge in [-0.1, -0.05) is 6.07 Å². The normalized spacial score (nSPS) is 16.2. The summed E-state index contributed by atoms with van der Waals surface area (Å²) in [5.41, 5.74) is 6.72. The van der Waals surface area contributed by atoms with Gasteiger partial charge in [0.25, 0.3) is 0 Å². The van der Waals surface area contributed by atoms with Gasteiger partial charge in [-0.25, -0.2) is 9.78 Å². The number of nitrogens with one attached hydrogen (secondary N) is 1. The van der Waals surface area contributed by atoms with Crippen LogP contribution in [0.1, 0.15) is 28.5 Å². The summed E-state index contributed by atoms with van der Waals surface area (Å²) >= 11 is 0. The first-order chi connectivity index (χ1) is 15.2. The summed E-state index contributed by atoms with van der Waals surface area (Å²) in [6.45, 7) is 2.58. The van der Waals surface area contributed by atoms with Gasteiger partial charge >= 0.3 is 13.1 Å². The average Bonchev–Trinajstić information content (AvgIpc) is 3.21. The minimum absolute atomic E-state index is 0.0165. The Morgan fingerprint density at radius 3 is 2.69 bits per heavy atom. The summed E-state index contributed by atoms with van der Waals surface area (Å²) in [4.78, 5) is 33.0. The Hall–Kier alpha value is -2.93. The number of H-pyrrole nitrogens is 1. The van der Waals surface area contributed by atoms with E-state index >= 15 is 0 Å². The number of rotatable bonds is 11. The third-order valence-corrected chi connectivity index (χ3v) is 5.60. The van der Waals surface area contributed by atoms with Crippen molar-refractivity contribution in [3.8, 4) is 11.5 Å². The molecule has 2 atom stereocenters. The number of Topliss-reactive ketones (excluding diaryl/α,β-unsaturated/α-hetero) is 1. The summed E-state index contributed by atoms with van der Waals surface area (Å²) in [5.74, 6) is -1.91. The number of carbonyl (C=O) groups excluding carboxylic acids is 1. The predicted molar refractivity (Wildman–Crippen MR) is 114 cm³/mol. The maximum atomic E-state index is 12.6. The number of benzene rings is 1. The van der Waals surface area contributed by atoms with Crippen LogP contribution in [0.5, 0.6) is 11.5 Å². The summed E-state index contributed by atoms with van der Waals surface area (Å²) in [5, 5.41) is 37.8. The minimum Gasteiger partial charge on any atom is -0.507 e. The number of carbonyl (C=O) groups is 2. The summed E-state index contributed by atoms with van der Waals surface area (Å²) < 4.78 is 5.77. The van der Waals surface area contributed by atoms with Gasteiger partial charge in [-0.2, -0.15) is 0 Å². The molecule has 1 aromatic carbocycles. The first-order valence-corrected chi connectivity index (χ1v) is 10.3. The average molecular weight is 446 g/mol. The van der Waals surface area contributed by atoms with Gasteiger partial charge in [0.2, 0.25) is 0 Å². The number of aromatic carboxylic acids is 1. The third-order valence-electron chi connectivity index (χ3n) is 5.60. The van der Waals surface area contributed by atoms with Crippen molar-refractivity contribution < 1.29 is 34.6 Å². The largest absolute Gasteiger partial charge is 0.507 e. The highest BCUT2D eigenvalue weighted by Gasteiger charge is 2.37. The minimum atomic E-state index is -1.56. The molecule has 2 heterocycles. The molecule has 0 amide bonds. The first-order valence-electron chi connectivity index (χ1n) is 10.3. The Kier molecular flexibility index (Phi) is 7.51. The van der Waals surface area contributed by atoms with Crippen LogP contribution in [0.25, 0.3) is 0 Å². The lowest BCUT2D eigenvalue weighted by atomic mass is 9.82. The van der Waals surface area contributed by atoms with Crippen molar-refractivity contribution in [3.63, 3.8) is 0 Å². The van der Waals surface area contributed by atoms with Crippen molar-refractivity contribution in [2.75, 3.05) is 13.1 Å². The highest BCUT2D eigenvalue weighted by atomic mass is 16.5. The molecule has 3 rings (SSSR count). The van der Waals surface area contributed by atoms with Crippen LogP contribution in [0, 0.1) is 0 Å². The van der Waals surface area contributed by atoms with E-state index in [0.717, 1.165) is 5.69 Å². The van der Waals surface area contributed by atoms with Crippen molar-refractivity contribution >= 4 is 18.9 Å². The molecule has 0 bridgehead atoms. The second-order valence-electron chi connectivity index (χ2n) is 7.93. The molecule has 0 saturated carbocycles. The molecule has 1 aromatic heterocycles. The molecule has 172 valence electrons. The molecule has 7 N–H and O–H groups in total. The van der Waals surface area contributed by atoms with Gasteiger partial charge in [0.15, 0.2) is 5.78 Å². The number of carboxylic acids is 1. The Morgan fingerprint density at radius 2 is 2.09 bits per heavy atom. The Labute approximate surface area is 185 Å². The molecule has 0 aliphatic carbocycles. The van der Waals surface area contributed by atoms with Crippen LogP contribution >= 0.6 is 0 Å². The smallest absolute Gasteiger partial charge is 0.451 e. The summed E-state index contributed by atoms with van der Waals surface area (Å²) in [7, 11) is -1.56. The number of hydrogen-bond acceptors (Lipinski definition) is 9. The monoisotopic (exact) mass is 446 g/mol. The number of aryl methyl sites for hydroxylation is 1. The summed E-state index contributed by atoms with van der Waals surface area (Å²) in [6.07, 6.45) is 3.21. The lowest BCUT2D eigenvalue weighted by Gasteiger charge is -2.42. The maximum absolute atomic E-state index is 12.6. The number of likely N-dealkylation sites (tertiary alicyclic amines) is 1. The van der Waals surface area contributed by atoms with E-state index in [4.69, 9.17) is 20.5 Å². The van der Waals surface area contributed by atoms with Gasteiger partial charge in [-0.3, -0.25) is 9.69 Å². The lowest BCUT2D eigenvalue weighted by molar-refractivity contribution is -0.128. The van der Waals surface area contributed by atoms with Crippen molar-refractivity contribution in [1.82, 2.24) is 14.9 Å². The number of nitrogens with two attached hydrogens (primary N) is 1. The Morgan fingerprint density at radius 1 is 1.38 bits per heavy atom. The van der Waals surface area contributed by atoms with Crippen LogP contribution in [0.2, 0.25) is 6.32 Å². The molecular formula is C20H27BN4O7. The molecule has 2 aromatic rings. The number of aromatic nitrogens is 2. The van der Waals surface area contributed by atoms with Crippen LogP contribution < -0.4 is 10.5 Å². The molecule has 1 saturated heterocycles. The standard InChI is InChI=1S/C20H27BN4O7/c1-11(18(26)15(22)6-13-7-23-10-24-13)25-8-14(9-25)32-16-3-2-12(4-5-21(30)31)19(27)17(16)20(28)29/h2-3,7,10-11,14-15,27,30-31H,4-6,8-9,22H2,1H3,(H,23,24)(H,28,29)/t11?,15-/m0/s1. The molecular weight excluding hydrogens is 419 g/mol. The number of aromatic hydroxyl groups is 1. The zero-order valence-electron chi connectivity index (χ0n) is 17.6. The summed E-state index contributed by atoms with van der Waals surface area (Å²) in [6, 6.07) is 1.84. The number of carboxylic acid groups (broad SMARTS) is 1. The van der Waals surface area contributed by atoms with Gasteiger partial charge < -0.3 is 35.7 Å². The highest BCUT2D eigenvalue weighted by molar-refractivity contribution is 6.41. The third kappa shape index (κ3) is 5.46. The number of imidazole rings is 1. The maximum Gasteiger partial charge on any atom is 0.451 e. The molecule has 0 spiro atoms. The number of hydrogen-bond donors (Lipinski definition) is 6. The fraction of sp³-hybridized carbons (Fsp3) is 0.450. The van der Waals surface area contributed by atoms with Crippen LogP contribution in [0.4, 0.5) is 0 Å². The second-order valence-corrected chi connectivity index (χ2v) is 7.93. The van der Waals surface area contributed by atoms with Gasteiger partial charge in [-0.15, -0.1) is 0 Å². The van der Waals surface area contributed by atoms with Gasteiger partial charge in [-0.05, 0) is 31.3 Å².